The maximum absolute atomic E-state index is 5.58. The van der Waals surface area contributed by atoms with Crippen LogP contribution in [0.25, 0.3) is 0 Å². The molecule has 0 amide bonds. The highest BCUT2D eigenvalue weighted by Gasteiger charge is 2.20. The van der Waals surface area contributed by atoms with Crippen LogP contribution in [0.5, 0.6) is 0 Å². The third-order valence-corrected chi connectivity index (χ3v) is 3.23. The van der Waals surface area contributed by atoms with E-state index in [2.05, 4.69) is 36.4 Å². The highest BCUT2D eigenvalue weighted by atomic mass is 127. The van der Waals surface area contributed by atoms with Crippen molar-refractivity contribution in [3.8, 4) is 0 Å². The highest BCUT2D eigenvalue weighted by molar-refractivity contribution is 14.0. The zero-order valence-electron chi connectivity index (χ0n) is 13.3. The monoisotopic (exact) mass is 397 g/mol. The molecule has 1 saturated carbocycles. The molecule has 0 atom stereocenters. The van der Waals surface area contributed by atoms with Crippen LogP contribution in [0.3, 0.4) is 0 Å². The van der Waals surface area contributed by atoms with E-state index >= 15 is 0 Å². The van der Waals surface area contributed by atoms with Crippen molar-refractivity contribution in [3.05, 3.63) is 0 Å². The van der Waals surface area contributed by atoms with Crippen LogP contribution in [0.15, 0.2) is 4.99 Å². The van der Waals surface area contributed by atoms with Gasteiger partial charge in [-0.1, -0.05) is 26.7 Å². The number of nitrogens with zero attached hydrogens (tertiary/aromatic N) is 1. The van der Waals surface area contributed by atoms with E-state index < -0.39 is 0 Å². The minimum Gasteiger partial charge on any atom is -0.380 e. The van der Waals surface area contributed by atoms with Gasteiger partial charge in [-0.05, 0) is 31.6 Å². The van der Waals surface area contributed by atoms with Crippen LogP contribution in [0, 0.1) is 11.8 Å². The zero-order chi connectivity index (χ0) is 13.9. The average molecular weight is 397 g/mol. The molecule has 5 heteroatoms. The van der Waals surface area contributed by atoms with Crippen molar-refractivity contribution in [1.82, 2.24) is 10.6 Å². The Hall–Kier alpha value is -0.0400. The molecule has 1 rings (SSSR count). The molecule has 0 radical (unpaired) electrons. The quantitative estimate of drug-likeness (QED) is 0.258. The van der Waals surface area contributed by atoms with E-state index in [9.17, 15) is 0 Å². The molecule has 0 aromatic rings. The summed E-state index contributed by atoms with van der Waals surface area (Å²) in [7, 11) is 0. The SMILES string of the molecule is CCNC(=NCCC1CC1)NCCOCCC(C)C.I. The van der Waals surface area contributed by atoms with Crippen LogP contribution < -0.4 is 10.6 Å². The summed E-state index contributed by atoms with van der Waals surface area (Å²) in [6.45, 7) is 10.8. The lowest BCUT2D eigenvalue weighted by Gasteiger charge is -2.12. The molecule has 4 nitrogen and oxygen atoms in total. The van der Waals surface area contributed by atoms with Gasteiger partial charge in [0.05, 0.1) is 6.61 Å². The fraction of sp³-hybridized carbons (Fsp3) is 0.933. The summed E-state index contributed by atoms with van der Waals surface area (Å²) in [5.74, 6) is 2.59. The lowest BCUT2D eigenvalue weighted by molar-refractivity contribution is 0.128. The normalized spacial score (nSPS) is 15.1. The topological polar surface area (TPSA) is 45.7 Å². The molecule has 0 aromatic carbocycles. The Balaban J connectivity index is 0.00000361. The largest absolute Gasteiger partial charge is 0.380 e. The molecule has 120 valence electrons. The molecule has 20 heavy (non-hydrogen) atoms. The van der Waals surface area contributed by atoms with Gasteiger partial charge in [-0.3, -0.25) is 4.99 Å². The highest BCUT2D eigenvalue weighted by Crippen LogP contribution is 2.31. The van der Waals surface area contributed by atoms with Crippen molar-refractivity contribution < 1.29 is 4.74 Å². The second-order valence-electron chi connectivity index (χ2n) is 5.71. The Morgan fingerprint density at radius 1 is 1.25 bits per heavy atom. The number of rotatable bonds is 10. The van der Waals surface area contributed by atoms with Crippen LogP contribution in [0.1, 0.15) is 46.5 Å². The van der Waals surface area contributed by atoms with Crippen molar-refractivity contribution >= 4 is 29.9 Å². The van der Waals surface area contributed by atoms with E-state index in [1.165, 1.54) is 19.3 Å². The summed E-state index contributed by atoms with van der Waals surface area (Å²) in [6, 6.07) is 0. The van der Waals surface area contributed by atoms with Crippen LogP contribution in [-0.4, -0.2) is 38.8 Å². The van der Waals surface area contributed by atoms with E-state index in [0.29, 0.717) is 5.92 Å². The predicted molar refractivity (Wildman–Crippen MR) is 97.0 cm³/mol. The summed E-state index contributed by atoms with van der Waals surface area (Å²) in [4.78, 5) is 4.58. The van der Waals surface area contributed by atoms with E-state index in [-0.39, 0.29) is 24.0 Å². The van der Waals surface area contributed by atoms with Gasteiger partial charge in [0.25, 0.3) is 0 Å². The summed E-state index contributed by atoms with van der Waals surface area (Å²) in [5.41, 5.74) is 0. The minimum absolute atomic E-state index is 0. The van der Waals surface area contributed by atoms with Crippen molar-refractivity contribution in [2.75, 3.05) is 32.8 Å². The molecule has 2 N–H and O–H groups in total. The summed E-state index contributed by atoms with van der Waals surface area (Å²) in [5, 5.41) is 6.59. The Labute approximate surface area is 141 Å². The van der Waals surface area contributed by atoms with Crippen LogP contribution in [0.4, 0.5) is 0 Å². The van der Waals surface area contributed by atoms with E-state index in [1.54, 1.807) is 0 Å². The third-order valence-electron chi connectivity index (χ3n) is 3.23. The molecular weight excluding hydrogens is 365 g/mol. The average Bonchev–Trinajstić information content (AvgIpc) is 3.17. The molecule has 0 heterocycles. The molecular formula is C15H32IN3O. The fourth-order valence-electron chi connectivity index (χ4n) is 1.77. The van der Waals surface area contributed by atoms with Crippen molar-refractivity contribution in [2.45, 2.75) is 46.5 Å². The molecule has 0 saturated heterocycles. The second-order valence-corrected chi connectivity index (χ2v) is 5.71. The molecule has 0 aliphatic heterocycles. The molecule has 0 aromatic heterocycles. The van der Waals surface area contributed by atoms with Crippen molar-refractivity contribution in [3.63, 3.8) is 0 Å². The lowest BCUT2D eigenvalue weighted by Crippen LogP contribution is -2.39. The predicted octanol–water partition coefficient (Wildman–Crippen LogP) is 3.02. The van der Waals surface area contributed by atoms with Gasteiger partial charge in [0, 0.05) is 26.2 Å². The molecule has 0 spiro atoms. The molecule has 0 bridgehead atoms. The second kappa shape index (κ2) is 12.7. The van der Waals surface area contributed by atoms with E-state index in [1.807, 2.05) is 0 Å². The van der Waals surface area contributed by atoms with Gasteiger partial charge in [0.1, 0.15) is 0 Å². The Bertz CT molecular complexity index is 256. The molecule has 1 fully saturated rings. The summed E-state index contributed by atoms with van der Waals surface area (Å²) in [6.07, 6.45) is 5.18. The molecule has 0 unspecified atom stereocenters. The maximum atomic E-state index is 5.58. The van der Waals surface area contributed by atoms with E-state index in [4.69, 9.17) is 4.74 Å². The Morgan fingerprint density at radius 2 is 2.00 bits per heavy atom. The smallest absolute Gasteiger partial charge is 0.191 e. The number of guanidine groups is 1. The number of hydrogen-bond donors (Lipinski definition) is 2. The molecule has 1 aliphatic carbocycles. The zero-order valence-corrected chi connectivity index (χ0v) is 15.6. The van der Waals surface area contributed by atoms with Gasteiger partial charge in [0.2, 0.25) is 0 Å². The van der Waals surface area contributed by atoms with Crippen molar-refractivity contribution in [2.24, 2.45) is 16.8 Å². The first kappa shape index (κ1) is 20.0. The Kier molecular flexibility index (Phi) is 12.7. The number of halogens is 1. The minimum atomic E-state index is 0. The van der Waals surface area contributed by atoms with Crippen molar-refractivity contribution in [1.29, 1.82) is 0 Å². The number of nitrogens with one attached hydrogen (secondary N) is 2. The van der Waals surface area contributed by atoms with Gasteiger partial charge < -0.3 is 15.4 Å². The number of hydrogen-bond acceptors (Lipinski definition) is 2. The van der Waals surface area contributed by atoms with Gasteiger partial charge in [-0.15, -0.1) is 24.0 Å². The van der Waals surface area contributed by atoms with Gasteiger partial charge in [-0.25, -0.2) is 0 Å². The number of aliphatic imine (C=N–C) groups is 1. The van der Waals surface area contributed by atoms with E-state index in [0.717, 1.165) is 51.1 Å². The van der Waals surface area contributed by atoms with Gasteiger partial charge >= 0.3 is 0 Å². The third kappa shape index (κ3) is 11.8. The maximum Gasteiger partial charge on any atom is 0.191 e. The molecule has 1 aliphatic rings. The van der Waals surface area contributed by atoms with Crippen LogP contribution in [0.2, 0.25) is 0 Å². The standard InChI is InChI=1S/C15H31N3O.HI/c1-4-16-15(17-9-7-14-5-6-14)18-10-12-19-11-8-13(2)3;/h13-14H,4-12H2,1-3H3,(H2,16,17,18);1H. The van der Waals surface area contributed by atoms with Gasteiger partial charge in [0.15, 0.2) is 5.96 Å². The lowest BCUT2D eigenvalue weighted by atomic mass is 10.1. The van der Waals surface area contributed by atoms with Gasteiger partial charge in [-0.2, -0.15) is 0 Å². The first-order chi connectivity index (χ1) is 9.22. The first-order valence-electron chi connectivity index (χ1n) is 7.82. The number of ether oxygens (including phenoxy) is 1. The Morgan fingerprint density at radius 3 is 2.60 bits per heavy atom. The first-order valence-corrected chi connectivity index (χ1v) is 7.82. The summed E-state index contributed by atoms with van der Waals surface area (Å²) >= 11 is 0. The fourth-order valence-corrected chi connectivity index (χ4v) is 1.77. The summed E-state index contributed by atoms with van der Waals surface area (Å²) < 4.78 is 5.58. The van der Waals surface area contributed by atoms with Crippen LogP contribution in [-0.2, 0) is 4.74 Å². The van der Waals surface area contributed by atoms with Crippen LogP contribution >= 0.6 is 24.0 Å².